The average molecular weight is 527 g/mol. The predicted octanol–water partition coefficient (Wildman–Crippen LogP) is 6.09. The van der Waals surface area contributed by atoms with Gasteiger partial charge in [-0.1, -0.05) is 52.0 Å². The molecule has 9 nitrogen and oxygen atoms in total. The molecule has 0 amide bonds. The lowest BCUT2D eigenvalue weighted by Gasteiger charge is -2.24. The fourth-order valence-corrected chi connectivity index (χ4v) is 4.79. The molecular weight excluding hydrogens is 487 g/mol. The summed E-state index contributed by atoms with van der Waals surface area (Å²) in [6, 6.07) is 6.13. The smallest absolute Gasteiger partial charge is 0.431 e. The summed E-state index contributed by atoms with van der Waals surface area (Å²) in [5.41, 5.74) is 0.0586. The maximum atomic E-state index is 13.8. The van der Waals surface area contributed by atoms with Crippen LogP contribution in [0.2, 0.25) is 0 Å². The van der Waals surface area contributed by atoms with Gasteiger partial charge in [-0.15, -0.1) is 0 Å². The summed E-state index contributed by atoms with van der Waals surface area (Å²) >= 11 is 0. The Balaban J connectivity index is 0.00000596. The van der Waals surface area contributed by atoms with E-state index in [4.69, 9.17) is 18.5 Å². The topological polar surface area (TPSA) is 114 Å². The lowest BCUT2D eigenvalue weighted by molar-refractivity contribution is -0.146. The van der Waals surface area contributed by atoms with Crippen molar-refractivity contribution in [2.24, 2.45) is 5.92 Å². The van der Waals surface area contributed by atoms with Crippen LogP contribution in [0, 0.1) is 5.92 Å². The van der Waals surface area contributed by atoms with Crippen molar-refractivity contribution in [3.05, 3.63) is 54.3 Å². The molecule has 1 rings (SSSR count). The third-order valence-corrected chi connectivity index (χ3v) is 6.46. The van der Waals surface area contributed by atoms with Gasteiger partial charge in [0.2, 0.25) is 0 Å². The Hall–Kier alpha value is -3.06. The molecule has 10 heteroatoms. The molecule has 2 unspecified atom stereocenters. The van der Waals surface area contributed by atoms with E-state index in [1.165, 1.54) is 32.4 Å². The van der Waals surface area contributed by atoms with Gasteiger partial charge in [-0.25, -0.2) is 9.36 Å². The number of ether oxygens (including phenoxy) is 3. The van der Waals surface area contributed by atoms with Crippen molar-refractivity contribution in [2.75, 3.05) is 27.0 Å². The van der Waals surface area contributed by atoms with Crippen LogP contribution in [0.1, 0.15) is 63.7 Å². The van der Waals surface area contributed by atoms with Gasteiger partial charge in [0.15, 0.2) is 0 Å². The zero-order valence-electron chi connectivity index (χ0n) is 22.1. The number of para-hydroxylation sites is 1. The first-order valence-corrected chi connectivity index (χ1v) is 13.6. The van der Waals surface area contributed by atoms with E-state index in [2.05, 4.69) is 11.3 Å². The number of hydrogen-bond acceptors (Lipinski definition) is 9. The third-order valence-electron chi connectivity index (χ3n) is 4.59. The molecular formula is C26H39O9P. The molecule has 0 aromatic heterocycles. The summed E-state index contributed by atoms with van der Waals surface area (Å²) in [7, 11) is -1.72. The van der Waals surface area contributed by atoms with Gasteiger partial charge in [0.25, 0.3) is 0 Å². The van der Waals surface area contributed by atoms with Crippen LogP contribution in [-0.4, -0.2) is 44.9 Å². The van der Waals surface area contributed by atoms with Crippen LogP contribution in [-0.2, 0) is 32.9 Å². The summed E-state index contributed by atoms with van der Waals surface area (Å²) in [6.45, 7) is 11.6. The number of esters is 3. The van der Waals surface area contributed by atoms with Crippen LogP contribution in [0.25, 0.3) is 0 Å². The van der Waals surface area contributed by atoms with Crippen molar-refractivity contribution >= 4 is 25.5 Å². The summed E-state index contributed by atoms with van der Waals surface area (Å²) in [5.74, 6) is -2.87. The highest BCUT2D eigenvalue weighted by Gasteiger charge is 2.37. The van der Waals surface area contributed by atoms with E-state index in [0.717, 1.165) is 6.42 Å². The molecule has 2 atom stereocenters. The van der Waals surface area contributed by atoms with E-state index >= 15 is 0 Å². The molecule has 36 heavy (non-hydrogen) atoms. The number of carbonyl (C=O) groups is 3. The lowest BCUT2D eigenvalue weighted by Crippen LogP contribution is -2.23. The van der Waals surface area contributed by atoms with Gasteiger partial charge in [-0.05, 0) is 38.0 Å². The monoisotopic (exact) mass is 526 g/mol. The molecule has 1 aromatic rings. The SMILES string of the molecule is C=C(/C=C\C)OP(=O)(CC(CCC(=O)OC)C(=O)OC)Oc1ccccc1C(=O)OCCCC.CC. The number of benzene rings is 1. The summed E-state index contributed by atoms with van der Waals surface area (Å²) in [6.07, 6.45) is 4.11. The lowest BCUT2D eigenvalue weighted by atomic mass is 10.1. The second-order valence-electron chi connectivity index (χ2n) is 7.26. The highest BCUT2D eigenvalue weighted by molar-refractivity contribution is 7.54. The molecule has 0 bridgehead atoms. The van der Waals surface area contributed by atoms with Crippen LogP contribution < -0.4 is 4.52 Å². The number of methoxy groups -OCH3 is 2. The molecule has 0 spiro atoms. The normalized spacial score (nSPS) is 12.8. The Morgan fingerprint density at radius 3 is 2.36 bits per heavy atom. The Labute approximate surface area is 214 Å². The molecule has 0 heterocycles. The van der Waals surface area contributed by atoms with Gasteiger partial charge in [-0.2, -0.15) is 0 Å². The van der Waals surface area contributed by atoms with E-state index in [-0.39, 0.29) is 36.5 Å². The molecule has 0 aliphatic rings. The van der Waals surface area contributed by atoms with E-state index in [0.29, 0.717) is 6.42 Å². The predicted molar refractivity (Wildman–Crippen MR) is 138 cm³/mol. The molecule has 0 aliphatic heterocycles. The standard InChI is InChI=1S/C24H33O9P.C2H6/c1-6-8-16-31-24(27)20-12-9-10-13-21(20)33-34(28,32-18(3)11-7-2)17-19(23(26)30-5)14-15-22(25)29-4;1-2/h7,9-13,19H,3,6,8,14-17H2,1-2,4-5H3;1-2H3/b11-7-;. The van der Waals surface area contributed by atoms with Gasteiger partial charge in [0.05, 0.1) is 32.9 Å². The van der Waals surface area contributed by atoms with E-state index in [9.17, 15) is 18.9 Å². The Kier molecular flexibility index (Phi) is 16.7. The fraction of sp³-hybridized carbons (Fsp3) is 0.500. The number of rotatable bonds is 15. The molecule has 0 saturated carbocycles. The van der Waals surface area contributed by atoms with Gasteiger partial charge in [0.1, 0.15) is 17.1 Å². The van der Waals surface area contributed by atoms with Crippen molar-refractivity contribution < 1.29 is 42.2 Å². The number of unbranched alkanes of at least 4 members (excludes halogenated alkanes) is 1. The maximum absolute atomic E-state index is 13.8. The number of hydrogen-bond donors (Lipinski definition) is 0. The van der Waals surface area contributed by atoms with Crippen LogP contribution in [0.15, 0.2) is 48.8 Å². The maximum Gasteiger partial charge on any atom is 0.431 e. The first-order valence-electron chi connectivity index (χ1n) is 11.9. The first-order chi connectivity index (χ1) is 17.2. The highest BCUT2D eigenvalue weighted by atomic mass is 31.2. The van der Waals surface area contributed by atoms with Crippen molar-refractivity contribution in [3.63, 3.8) is 0 Å². The first kappa shape index (κ1) is 32.9. The second-order valence-corrected chi connectivity index (χ2v) is 9.21. The van der Waals surface area contributed by atoms with E-state index < -0.39 is 37.6 Å². The van der Waals surface area contributed by atoms with Crippen molar-refractivity contribution in [3.8, 4) is 5.75 Å². The van der Waals surface area contributed by atoms with Crippen LogP contribution in [0.3, 0.4) is 0 Å². The third kappa shape index (κ3) is 12.1. The van der Waals surface area contributed by atoms with E-state index in [1.807, 2.05) is 20.8 Å². The molecule has 0 radical (unpaired) electrons. The van der Waals surface area contributed by atoms with Crippen molar-refractivity contribution in [2.45, 2.75) is 53.4 Å². The zero-order chi connectivity index (χ0) is 27.6. The number of carbonyl (C=O) groups excluding carboxylic acids is 3. The summed E-state index contributed by atoms with van der Waals surface area (Å²) < 4.78 is 39.8. The Morgan fingerprint density at radius 2 is 1.78 bits per heavy atom. The minimum Gasteiger partial charge on any atom is -0.469 e. The molecule has 0 aliphatic carbocycles. The van der Waals surface area contributed by atoms with Crippen LogP contribution in [0.5, 0.6) is 5.75 Å². The highest BCUT2D eigenvalue weighted by Crippen LogP contribution is 2.53. The molecule has 0 saturated heterocycles. The number of allylic oxidation sites excluding steroid dienone is 2. The molecule has 1 aromatic carbocycles. The average Bonchev–Trinajstić information content (AvgIpc) is 2.87. The van der Waals surface area contributed by atoms with Gasteiger partial charge in [0, 0.05) is 6.42 Å². The molecule has 0 N–H and O–H groups in total. The Morgan fingerprint density at radius 1 is 1.11 bits per heavy atom. The quantitative estimate of drug-likeness (QED) is 0.0668. The van der Waals surface area contributed by atoms with Crippen LogP contribution >= 0.6 is 7.60 Å². The largest absolute Gasteiger partial charge is 0.469 e. The van der Waals surface area contributed by atoms with Crippen molar-refractivity contribution in [1.29, 1.82) is 0 Å². The second kappa shape index (κ2) is 18.2. The minimum absolute atomic E-state index is 0.00709. The van der Waals surface area contributed by atoms with Crippen LogP contribution in [0.4, 0.5) is 0 Å². The van der Waals surface area contributed by atoms with Crippen molar-refractivity contribution in [1.82, 2.24) is 0 Å². The van der Waals surface area contributed by atoms with Gasteiger partial charge >= 0.3 is 25.5 Å². The van der Waals surface area contributed by atoms with E-state index in [1.54, 1.807) is 25.1 Å². The molecule has 0 fully saturated rings. The molecule has 202 valence electrons. The summed E-state index contributed by atoms with van der Waals surface area (Å²) in [4.78, 5) is 36.5. The fourth-order valence-electron chi connectivity index (χ4n) is 2.85. The Bertz CT molecular complexity index is 924. The van der Waals surface area contributed by atoms with Gasteiger partial charge < -0.3 is 23.3 Å². The zero-order valence-corrected chi connectivity index (χ0v) is 23.0. The summed E-state index contributed by atoms with van der Waals surface area (Å²) in [5, 5.41) is 0. The van der Waals surface area contributed by atoms with Gasteiger partial charge in [-0.3, -0.25) is 9.59 Å². The minimum atomic E-state index is -4.13.